The maximum Gasteiger partial charge on any atom is 0.269 e. The van der Waals surface area contributed by atoms with Gasteiger partial charge in [-0.3, -0.25) is 9.59 Å². The number of amides is 2. The predicted octanol–water partition coefficient (Wildman–Crippen LogP) is 0.161. The fraction of sp³-hybridized carbons (Fsp3) is 0.583. The van der Waals surface area contributed by atoms with Gasteiger partial charge < -0.3 is 14.8 Å². The monoisotopic (exact) mass is 250 g/mol. The molecule has 1 aromatic heterocycles. The van der Waals surface area contributed by atoms with Gasteiger partial charge in [0.05, 0.1) is 18.6 Å². The highest BCUT2D eigenvalue weighted by molar-refractivity contribution is 5.93. The number of nitrogens with zero attached hydrogens (tertiary/aromatic N) is 3. The van der Waals surface area contributed by atoms with E-state index in [0.717, 1.165) is 13.0 Å². The number of hydrogen-bond donors (Lipinski definition) is 1. The van der Waals surface area contributed by atoms with E-state index in [-0.39, 0.29) is 17.9 Å². The average Bonchev–Trinajstić information content (AvgIpc) is 2.87. The largest absolute Gasteiger partial charge is 0.346 e. The van der Waals surface area contributed by atoms with Gasteiger partial charge in [-0.1, -0.05) is 6.92 Å². The summed E-state index contributed by atoms with van der Waals surface area (Å²) in [5.74, 6) is -0.0571. The number of aromatic nitrogens is 2. The van der Waals surface area contributed by atoms with Gasteiger partial charge in [-0.2, -0.15) is 0 Å². The number of carbonyl (C=O) groups is 2. The first-order valence-corrected chi connectivity index (χ1v) is 6.16. The van der Waals surface area contributed by atoms with E-state index in [1.54, 1.807) is 22.8 Å². The van der Waals surface area contributed by atoms with Gasteiger partial charge in [0, 0.05) is 26.6 Å². The minimum absolute atomic E-state index is 0.0913. The summed E-state index contributed by atoms with van der Waals surface area (Å²) in [5.41, 5.74) is 0.511. The molecule has 2 amide bonds. The van der Waals surface area contributed by atoms with Gasteiger partial charge in [-0.05, 0) is 6.42 Å². The summed E-state index contributed by atoms with van der Waals surface area (Å²) in [4.78, 5) is 29.3. The number of imidazole rings is 1. The summed E-state index contributed by atoms with van der Waals surface area (Å²) in [5, 5.41) is 2.88. The van der Waals surface area contributed by atoms with Gasteiger partial charge in [-0.25, -0.2) is 4.98 Å². The first-order chi connectivity index (χ1) is 8.61. The van der Waals surface area contributed by atoms with Crippen LogP contribution in [0.3, 0.4) is 0 Å². The highest BCUT2D eigenvalue weighted by atomic mass is 16.2. The highest BCUT2D eigenvalue weighted by Crippen LogP contribution is 2.12. The number of rotatable bonds is 4. The van der Waals surface area contributed by atoms with Crippen LogP contribution in [0.1, 0.15) is 30.3 Å². The van der Waals surface area contributed by atoms with Crippen molar-refractivity contribution in [1.29, 1.82) is 0 Å². The second kappa shape index (κ2) is 5.20. The summed E-state index contributed by atoms with van der Waals surface area (Å²) < 4.78 is 1.66. The first-order valence-electron chi connectivity index (χ1n) is 6.16. The Bertz CT molecular complexity index is 455. The van der Waals surface area contributed by atoms with Crippen LogP contribution < -0.4 is 5.32 Å². The molecular weight excluding hydrogens is 232 g/mol. The predicted molar refractivity (Wildman–Crippen MR) is 66.0 cm³/mol. The van der Waals surface area contributed by atoms with Gasteiger partial charge in [0.1, 0.15) is 5.69 Å². The van der Waals surface area contributed by atoms with Gasteiger partial charge in [-0.15, -0.1) is 0 Å². The molecule has 1 fully saturated rings. The molecule has 1 atom stereocenters. The Morgan fingerprint density at radius 1 is 1.61 bits per heavy atom. The second-order valence-corrected chi connectivity index (χ2v) is 4.60. The molecule has 18 heavy (non-hydrogen) atoms. The van der Waals surface area contributed by atoms with Crippen LogP contribution in [0.15, 0.2) is 12.5 Å². The molecule has 1 aromatic rings. The molecule has 1 N–H and O–H groups in total. The topological polar surface area (TPSA) is 67.2 Å². The molecule has 1 aliphatic heterocycles. The molecule has 0 saturated carbocycles. The van der Waals surface area contributed by atoms with Gasteiger partial charge in [0.25, 0.3) is 5.91 Å². The third-order valence-electron chi connectivity index (χ3n) is 3.09. The zero-order valence-corrected chi connectivity index (χ0v) is 10.7. The molecule has 1 saturated heterocycles. The van der Waals surface area contributed by atoms with Crippen LogP contribution in [-0.2, 0) is 11.8 Å². The fourth-order valence-corrected chi connectivity index (χ4v) is 2.19. The lowest BCUT2D eigenvalue weighted by Gasteiger charge is -2.15. The molecule has 0 aromatic carbocycles. The van der Waals surface area contributed by atoms with Crippen molar-refractivity contribution in [3.8, 4) is 0 Å². The standard InChI is InChI=1S/C12H18N4O2/c1-3-4-16-7-9(5-11(16)17)14-12(18)10-6-13-8-15(10)2/h6,8-9H,3-5,7H2,1-2H3,(H,14,18). The van der Waals surface area contributed by atoms with E-state index in [1.165, 1.54) is 6.20 Å². The van der Waals surface area contributed by atoms with Gasteiger partial charge >= 0.3 is 0 Å². The van der Waals surface area contributed by atoms with Crippen molar-refractivity contribution in [1.82, 2.24) is 19.8 Å². The van der Waals surface area contributed by atoms with Crippen molar-refractivity contribution < 1.29 is 9.59 Å². The molecule has 0 bridgehead atoms. The number of aryl methyl sites for hydroxylation is 1. The van der Waals surface area contributed by atoms with E-state index in [2.05, 4.69) is 10.3 Å². The van der Waals surface area contributed by atoms with Crippen molar-refractivity contribution in [3.63, 3.8) is 0 Å². The fourth-order valence-electron chi connectivity index (χ4n) is 2.19. The Morgan fingerprint density at radius 2 is 2.39 bits per heavy atom. The van der Waals surface area contributed by atoms with Crippen LogP contribution in [0.4, 0.5) is 0 Å². The van der Waals surface area contributed by atoms with E-state index >= 15 is 0 Å². The van der Waals surface area contributed by atoms with E-state index in [1.807, 2.05) is 6.92 Å². The molecule has 98 valence electrons. The summed E-state index contributed by atoms with van der Waals surface area (Å²) in [6.45, 7) is 3.40. The molecule has 0 spiro atoms. The van der Waals surface area contributed by atoms with Crippen LogP contribution >= 0.6 is 0 Å². The lowest BCUT2D eigenvalue weighted by atomic mass is 10.2. The van der Waals surface area contributed by atoms with Crippen molar-refractivity contribution in [2.45, 2.75) is 25.8 Å². The Balaban J connectivity index is 1.94. The Morgan fingerprint density at radius 3 is 3.00 bits per heavy atom. The summed E-state index contributed by atoms with van der Waals surface area (Å²) in [7, 11) is 1.77. The Kier molecular flexibility index (Phi) is 3.64. The highest BCUT2D eigenvalue weighted by Gasteiger charge is 2.30. The van der Waals surface area contributed by atoms with E-state index < -0.39 is 0 Å². The quantitative estimate of drug-likeness (QED) is 0.827. The van der Waals surface area contributed by atoms with Crippen LogP contribution in [0.2, 0.25) is 0 Å². The summed E-state index contributed by atoms with van der Waals surface area (Å²) in [6.07, 6.45) is 4.44. The van der Waals surface area contributed by atoms with Gasteiger partial charge in [0.15, 0.2) is 0 Å². The lowest BCUT2D eigenvalue weighted by molar-refractivity contribution is -0.127. The van der Waals surface area contributed by atoms with E-state index in [0.29, 0.717) is 18.7 Å². The van der Waals surface area contributed by atoms with E-state index in [9.17, 15) is 9.59 Å². The first kappa shape index (κ1) is 12.6. The maximum atomic E-state index is 12.0. The molecule has 2 heterocycles. The molecule has 0 aliphatic carbocycles. The molecule has 2 rings (SSSR count). The zero-order chi connectivity index (χ0) is 13.1. The Hall–Kier alpha value is -1.85. The SMILES string of the molecule is CCCN1CC(NC(=O)c2cncn2C)CC1=O. The molecule has 6 nitrogen and oxygen atoms in total. The molecular formula is C12H18N4O2. The summed E-state index contributed by atoms with van der Waals surface area (Å²) in [6, 6.07) is -0.0913. The van der Waals surface area contributed by atoms with Crippen LogP contribution in [0, 0.1) is 0 Å². The van der Waals surface area contributed by atoms with Crippen LogP contribution in [0.25, 0.3) is 0 Å². The van der Waals surface area contributed by atoms with Crippen molar-refractivity contribution in [2.75, 3.05) is 13.1 Å². The molecule has 1 unspecified atom stereocenters. The zero-order valence-electron chi connectivity index (χ0n) is 10.7. The van der Waals surface area contributed by atoms with Crippen molar-refractivity contribution in [2.24, 2.45) is 7.05 Å². The average molecular weight is 250 g/mol. The van der Waals surface area contributed by atoms with E-state index in [4.69, 9.17) is 0 Å². The minimum Gasteiger partial charge on any atom is -0.346 e. The molecule has 1 aliphatic rings. The second-order valence-electron chi connectivity index (χ2n) is 4.60. The van der Waals surface area contributed by atoms with Crippen LogP contribution in [-0.4, -0.2) is 45.4 Å². The lowest BCUT2D eigenvalue weighted by Crippen LogP contribution is -2.38. The summed E-state index contributed by atoms with van der Waals surface area (Å²) >= 11 is 0. The van der Waals surface area contributed by atoms with Crippen molar-refractivity contribution in [3.05, 3.63) is 18.2 Å². The number of carbonyl (C=O) groups excluding carboxylic acids is 2. The normalized spacial score (nSPS) is 19.3. The number of nitrogens with one attached hydrogen (secondary N) is 1. The molecule has 6 heteroatoms. The van der Waals surface area contributed by atoms with Gasteiger partial charge in [0.2, 0.25) is 5.91 Å². The minimum atomic E-state index is -0.175. The third kappa shape index (κ3) is 2.52. The smallest absolute Gasteiger partial charge is 0.269 e. The maximum absolute atomic E-state index is 12.0. The van der Waals surface area contributed by atoms with Crippen molar-refractivity contribution >= 4 is 11.8 Å². The van der Waals surface area contributed by atoms with Crippen LogP contribution in [0.5, 0.6) is 0 Å². The third-order valence-corrected chi connectivity index (χ3v) is 3.09. The molecule has 0 radical (unpaired) electrons. The Labute approximate surface area is 106 Å². The number of likely N-dealkylation sites (tertiary alicyclic amines) is 1. The number of hydrogen-bond acceptors (Lipinski definition) is 3.